The molecule has 0 radical (unpaired) electrons. The zero-order valence-electron chi connectivity index (χ0n) is 19.7. The summed E-state index contributed by atoms with van der Waals surface area (Å²) in [5.41, 5.74) is 1.60. The number of ether oxygens (including phenoxy) is 1. The highest BCUT2D eigenvalue weighted by Gasteiger charge is 2.34. The predicted octanol–water partition coefficient (Wildman–Crippen LogP) is 4.54. The van der Waals surface area contributed by atoms with Crippen molar-refractivity contribution in [1.82, 2.24) is 15.0 Å². The number of hydrogen-bond acceptors (Lipinski definition) is 6. The summed E-state index contributed by atoms with van der Waals surface area (Å²) in [5.74, 6) is 1.96. The number of piperazine rings is 1. The highest BCUT2D eigenvalue weighted by Crippen LogP contribution is 2.32. The lowest BCUT2D eigenvalue weighted by Gasteiger charge is -2.46. The first-order valence-electron chi connectivity index (χ1n) is 12.7. The lowest BCUT2D eigenvalue weighted by molar-refractivity contribution is 0.0726. The van der Waals surface area contributed by atoms with E-state index in [-0.39, 0.29) is 11.4 Å². The van der Waals surface area contributed by atoms with E-state index in [1.54, 1.807) is 6.07 Å². The van der Waals surface area contributed by atoms with Crippen LogP contribution in [-0.4, -0.2) is 66.9 Å². The number of nitrogens with zero attached hydrogens (tertiary/aromatic N) is 4. The summed E-state index contributed by atoms with van der Waals surface area (Å²) in [7, 11) is 0. The van der Waals surface area contributed by atoms with Crippen LogP contribution in [0.5, 0.6) is 5.75 Å². The van der Waals surface area contributed by atoms with Gasteiger partial charge in [-0.2, -0.15) is 0 Å². The van der Waals surface area contributed by atoms with E-state index in [0.717, 1.165) is 69.1 Å². The Bertz CT molecular complexity index is 1130. The van der Waals surface area contributed by atoms with Crippen molar-refractivity contribution in [3.63, 3.8) is 0 Å². The molecule has 180 valence electrons. The number of halogens is 1. The van der Waals surface area contributed by atoms with Gasteiger partial charge in [-0.1, -0.05) is 23.4 Å². The number of benzene rings is 2. The number of anilines is 1. The summed E-state index contributed by atoms with van der Waals surface area (Å²) in [6.07, 6.45) is 4.95. The Labute approximate surface area is 200 Å². The number of likely N-dealkylation sites (tertiary alicyclic amines) is 1. The minimum absolute atomic E-state index is 0.255. The fourth-order valence-corrected chi connectivity index (χ4v) is 5.88. The van der Waals surface area contributed by atoms with E-state index in [9.17, 15) is 4.39 Å². The largest absolute Gasteiger partial charge is 0.493 e. The molecule has 0 aliphatic carbocycles. The van der Waals surface area contributed by atoms with Gasteiger partial charge >= 0.3 is 0 Å². The van der Waals surface area contributed by atoms with E-state index in [0.29, 0.717) is 12.0 Å². The second-order valence-electron chi connectivity index (χ2n) is 10.1. The number of rotatable bonds is 6. The van der Waals surface area contributed by atoms with Crippen LogP contribution in [-0.2, 0) is 6.54 Å². The van der Waals surface area contributed by atoms with Crippen molar-refractivity contribution in [3.05, 3.63) is 53.8 Å². The van der Waals surface area contributed by atoms with Crippen LogP contribution >= 0.6 is 0 Å². The molecule has 3 aliphatic rings. The number of hydrogen-bond donors (Lipinski definition) is 0. The average molecular weight is 465 g/mol. The predicted molar refractivity (Wildman–Crippen MR) is 131 cm³/mol. The lowest BCUT2D eigenvalue weighted by Crippen LogP contribution is -2.57. The van der Waals surface area contributed by atoms with E-state index in [1.165, 1.54) is 37.6 Å². The molecule has 6 nitrogen and oxygen atoms in total. The van der Waals surface area contributed by atoms with Gasteiger partial charge in [0.2, 0.25) is 5.58 Å². The maximum Gasteiger partial charge on any atom is 0.204 e. The third-order valence-electron chi connectivity index (χ3n) is 7.73. The van der Waals surface area contributed by atoms with Crippen molar-refractivity contribution >= 4 is 16.8 Å². The molecule has 4 heterocycles. The van der Waals surface area contributed by atoms with Crippen molar-refractivity contribution in [3.8, 4) is 5.75 Å². The minimum atomic E-state index is -0.350. The summed E-state index contributed by atoms with van der Waals surface area (Å²) in [6, 6.07) is 14.2. The Kier molecular flexibility index (Phi) is 6.14. The topological polar surface area (TPSA) is 45.0 Å². The van der Waals surface area contributed by atoms with E-state index in [1.807, 2.05) is 6.07 Å². The van der Waals surface area contributed by atoms with Gasteiger partial charge < -0.3 is 14.2 Å². The summed E-state index contributed by atoms with van der Waals surface area (Å²) in [4.78, 5) is 7.38. The molecule has 6 rings (SSSR count). The summed E-state index contributed by atoms with van der Waals surface area (Å²) < 4.78 is 25.6. The quantitative estimate of drug-likeness (QED) is 0.534. The van der Waals surface area contributed by atoms with Crippen LogP contribution in [0.4, 0.5) is 10.2 Å². The van der Waals surface area contributed by atoms with Gasteiger partial charge in [-0.3, -0.25) is 9.80 Å². The molecule has 2 atom stereocenters. The molecule has 1 aromatic heterocycles. The Morgan fingerprint density at radius 3 is 2.79 bits per heavy atom. The Morgan fingerprint density at radius 2 is 1.88 bits per heavy atom. The van der Waals surface area contributed by atoms with E-state index >= 15 is 0 Å². The standard InChI is InChI=1S/C27H33FN4O2/c28-25-8-4-7-24-26(25)34-29-27(24)32-14-13-31-17-21(9-10-22(31)18-32)19-33-23-6-3-5-20(15-23)16-30-11-1-2-12-30/h3-8,15,21-22H,1-2,9-14,16-19H2/t21-,22+/m1/s1. The zero-order valence-corrected chi connectivity index (χ0v) is 19.7. The third kappa shape index (κ3) is 4.51. The van der Waals surface area contributed by atoms with Crippen molar-refractivity contribution in [2.24, 2.45) is 5.92 Å². The molecule has 0 bridgehead atoms. The summed E-state index contributed by atoms with van der Waals surface area (Å²) in [5, 5.41) is 4.97. The van der Waals surface area contributed by atoms with Gasteiger partial charge in [-0.15, -0.1) is 0 Å². The van der Waals surface area contributed by atoms with Crippen molar-refractivity contribution in [1.29, 1.82) is 0 Å². The van der Waals surface area contributed by atoms with Crippen LogP contribution in [0, 0.1) is 11.7 Å². The fourth-order valence-electron chi connectivity index (χ4n) is 5.88. The Balaban J connectivity index is 1.03. The van der Waals surface area contributed by atoms with Gasteiger partial charge in [0.25, 0.3) is 0 Å². The molecule has 0 spiro atoms. The van der Waals surface area contributed by atoms with Crippen molar-refractivity contribution in [2.45, 2.75) is 38.3 Å². The van der Waals surface area contributed by atoms with Crippen molar-refractivity contribution in [2.75, 3.05) is 50.8 Å². The molecule has 34 heavy (non-hydrogen) atoms. The van der Waals surface area contributed by atoms with Gasteiger partial charge in [-0.05, 0) is 68.6 Å². The number of fused-ring (bicyclic) bond motifs is 2. The Morgan fingerprint density at radius 1 is 1.00 bits per heavy atom. The zero-order chi connectivity index (χ0) is 22.9. The molecule has 3 aromatic rings. The van der Waals surface area contributed by atoms with Gasteiger partial charge in [0, 0.05) is 44.7 Å². The molecule has 0 amide bonds. The summed E-state index contributed by atoms with van der Waals surface area (Å²) in [6.45, 7) is 8.06. The minimum Gasteiger partial charge on any atom is -0.493 e. The molecule has 0 N–H and O–H groups in total. The van der Waals surface area contributed by atoms with E-state index < -0.39 is 0 Å². The summed E-state index contributed by atoms with van der Waals surface area (Å²) >= 11 is 0. The third-order valence-corrected chi connectivity index (χ3v) is 7.73. The average Bonchev–Trinajstić information content (AvgIpc) is 3.53. The van der Waals surface area contributed by atoms with E-state index in [4.69, 9.17) is 9.26 Å². The monoisotopic (exact) mass is 464 g/mol. The highest BCUT2D eigenvalue weighted by molar-refractivity contribution is 5.88. The Hall–Kier alpha value is -2.64. The maximum atomic E-state index is 14.0. The van der Waals surface area contributed by atoms with Gasteiger partial charge in [0.05, 0.1) is 12.0 Å². The first kappa shape index (κ1) is 21.9. The van der Waals surface area contributed by atoms with E-state index in [2.05, 4.69) is 44.1 Å². The first-order valence-corrected chi connectivity index (χ1v) is 12.7. The van der Waals surface area contributed by atoms with Crippen molar-refractivity contribution < 1.29 is 13.7 Å². The lowest BCUT2D eigenvalue weighted by atomic mass is 9.91. The molecule has 3 saturated heterocycles. The highest BCUT2D eigenvalue weighted by atomic mass is 19.1. The number of aromatic nitrogens is 1. The molecule has 0 saturated carbocycles. The van der Waals surface area contributed by atoms with Crippen LogP contribution in [0.2, 0.25) is 0 Å². The molecule has 2 aromatic carbocycles. The molecular formula is C27H33FN4O2. The second-order valence-corrected chi connectivity index (χ2v) is 10.1. The van der Waals surface area contributed by atoms with Gasteiger partial charge in [0.1, 0.15) is 5.75 Å². The smallest absolute Gasteiger partial charge is 0.204 e. The van der Waals surface area contributed by atoms with Crippen LogP contribution < -0.4 is 9.64 Å². The number of piperidine rings is 1. The van der Waals surface area contributed by atoms with Crippen LogP contribution in [0.15, 0.2) is 47.0 Å². The molecular weight excluding hydrogens is 431 g/mol. The van der Waals surface area contributed by atoms with Crippen LogP contribution in [0.3, 0.4) is 0 Å². The molecule has 0 unspecified atom stereocenters. The molecule has 3 fully saturated rings. The van der Waals surface area contributed by atoms with Gasteiger partial charge in [-0.25, -0.2) is 4.39 Å². The SMILES string of the molecule is Fc1cccc2c(N3CCN4C[C@H](COc5cccc(CN6CCCC6)c5)CC[C@H]4C3)noc12. The maximum absolute atomic E-state index is 14.0. The molecule has 7 heteroatoms. The molecule has 3 aliphatic heterocycles. The van der Waals surface area contributed by atoms with Gasteiger partial charge in [0.15, 0.2) is 11.6 Å². The fraction of sp³-hybridized carbons (Fsp3) is 0.519. The van der Waals surface area contributed by atoms with Crippen LogP contribution in [0.25, 0.3) is 11.0 Å². The number of para-hydroxylation sites is 1. The first-order chi connectivity index (χ1) is 16.7. The normalized spacial score (nSPS) is 24.0. The van der Waals surface area contributed by atoms with Crippen LogP contribution in [0.1, 0.15) is 31.2 Å². The second kappa shape index (κ2) is 9.55.